The Morgan fingerprint density at radius 2 is 1.19 bits per heavy atom. The first-order valence-electron chi connectivity index (χ1n) is 8.79. The van der Waals surface area contributed by atoms with E-state index in [1.54, 1.807) is 24.3 Å². The number of ether oxygens (including phenoxy) is 3. The first-order valence-corrected chi connectivity index (χ1v) is 8.79. The Kier molecular flexibility index (Phi) is 8.34. The van der Waals surface area contributed by atoms with Gasteiger partial charge in [-0.25, -0.2) is 0 Å². The van der Waals surface area contributed by atoms with Gasteiger partial charge in [0.15, 0.2) is 9.95 Å². The second-order valence-electron chi connectivity index (χ2n) is 6.31. The third kappa shape index (κ3) is 7.51. The summed E-state index contributed by atoms with van der Waals surface area (Å²) in [5.41, 5.74) is 3.05. The van der Waals surface area contributed by atoms with Gasteiger partial charge in [0.05, 0.1) is 38.6 Å². The van der Waals surface area contributed by atoms with Crippen molar-refractivity contribution in [1.29, 1.82) is 10.8 Å². The molecule has 0 aliphatic rings. The number of rotatable bonds is 10. The number of hydrogen-bond donors (Lipinski definition) is 0. The number of benzene rings is 2. The lowest BCUT2D eigenvalue weighted by atomic mass is 10.2. The summed E-state index contributed by atoms with van der Waals surface area (Å²) in [4.78, 5) is 6.24. The highest BCUT2D eigenvalue weighted by Crippen LogP contribution is 2.14. The lowest BCUT2D eigenvalue weighted by molar-refractivity contribution is -0.0633. The molecule has 7 heteroatoms. The normalized spacial score (nSPS) is 12.7. The van der Waals surface area contributed by atoms with Crippen LogP contribution in [-0.2, 0) is 27.4 Å². The first-order chi connectivity index (χ1) is 13.1. The van der Waals surface area contributed by atoms with Crippen LogP contribution in [0.2, 0.25) is 0 Å². The van der Waals surface area contributed by atoms with Crippen molar-refractivity contribution in [2.75, 3.05) is 13.2 Å². The predicted octanol–water partition coefficient (Wildman–Crippen LogP) is 5.18. The Labute approximate surface area is 159 Å². The van der Waals surface area contributed by atoms with Gasteiger partial charge in [-0.1, -0.05) is 0 Å². The van der Waals surface area contributed by atoms with E-state index in [1.807, 2.05) is 38.1 Å². The van der Waals surface area contributed by atoms with Crippen LogP contribution in [0.5, 0.6) is 0 Å². The van der Waals surface area contributed by atoms with Crippen molar-refractivity contribution in [2.45, 2.75) is 39.3 Å². The molecule has 2 aromatic carbocycles. The number of hydrogen-bond acceptors (Lipinski definition) is 5. The van der Waals surface area contributed by atoms with Crippen molar-refractivity contribution in [3.63, 3.8) is 0 Å². The summed E-state index contributed by atoms with van der Waals surface area (Å²) < 4.78 is 17.2. The van der Waals surface area contributed by atoms with E-state index in [9.17, 15) is 0 Å². The molecule has 7 nitrogen and oxygen atoms in total. The Morgan fingerprint density at radius 1 is 0.704 bits per heavy atom. The van der Waals surface area contributed by atoms with Crippen molar-refractivity contribution >= 4 is 11.4 Å². The maximum atomic E-state index is 8.67. The largest absolute Gasteiger partial charge is 0.385 e. The second-order valence-corrected chi connectivity index (χ2v) is 6.31. The Morgan fingerprint density at radius 3 is 1.70 bits per heavy atom. The topological polar surface area (TPSA) is 84.0 Å². The molecule has 0 aliphatic carbocycles. The molecule has 27 heavy (non-hydrogen) atoms. The highest BCUT2D eigenvalue weighted by Gasteiger charge is 2.09. The molecule has 2 rings (SSSR count). The SMILES string of the molecule is CC(COCc1ccc([N+]#N)cc1)OCC(C)OCc1ccc([N+]#N)cc1. The zero-order valence-electron chi connectivity index (χ0n) is 15.6. The summed E-state index contributed by atoms with van der Waals surface area (Å²) in [6, 6.07) is 14.3. The van der Waals surface area contributed by atoms with E-state index >= 15 is 0 Å². The molecular formula is C20H24N4O3+2. The van der Waals surface area contributed by atoms with Gasteiger partial charge >= 0.3 is 11.4 Å². The molecule has 2 unspecified atom stereocenters. The van der Waals surface area contributed by atoms with E-state index in [4.69, 9.17) is 25.0 Å². The summed E-state index contributed by atoms with van der Waals surface area (Å²) in [5, 5.41) is 17.3. The van der Waals surface area contributed by atoms with E-state index in [2.05, 4.69) is 9.95 Å². The Balaban J connectivity index is 1.60. The molecular weight excluding hydrogens is 344 g/mol. The lowest BCUT2D eigenvalue weighted by Gasteiger charge is -2.18. The molecule has 0 saturated heterocycles. The maximum absolute atomic E-state index is 8.67. The average Bonchev–Trinajstić information content (AvgIpc) is 2.71. The van der Waals surface area contributed by atoms with E-state index in [-0.39, 0.29) is 12.2 Å². The smallest absolute Gasteiger partial charge is 0.374 e. The lowest BCUT2D eigenvalue weighted by Crippen LogP contribution is -2.23. The minimum absolute atomic E-state index is 0.0479. The minimum Gasteiger partial charge on any atom is -0.374 e. The van der Waals surface area contributed by atoms with Gasteiger partial charge < -0.3 is 14.2 Å². The van der Waals surface area contributed by atoms with Crippen LogP contribution in [0.4, 0.5) is 11.4 Å². The van der Waals surface area contributed by atoms with E-state index in [0.29, 0.717) is 37.8 Å². The molecule has 0 saturated carbocycles. The zero-order chi connectivity index (χ0) is 19.5. The first kappa shape index (κ1) is 20.5. The highest BCUT2D eigenvalue weighted by atomic mass is 16.6. The van der Waals surface area contributed by atoms with Crippen LogP contribution in [-0.4, -0.2) is 25.4 Å². The molecule has 0 spiro atoms. The molecule has 0 aliphatic heterocycles. The van der Waals surface area contributed by atoms with Crippen LogP contribution in [0.15, 0.2) is 48.5 Å². The molecule has 2 aromatic rings. The molecule has 0 aromatic heterocycles. The maximum Gasteiger partial charge on any atom is 0.385 e. The van der Waals surface area contributed by atoms with Gasteiger partial charge in [0.2, 0.25) is 10.8 Å². The van der Waals surface area contributed by atoms with Gasteiger partial charge in [-0.05, 0) is 49.2 Å². The highest BCUT2D eigenvalue weighted by molar-refractivity contribution is 5.45. The van der Waals surface area contributed by atoms with Gasteiger partial charge in [0, 0.05) is 24.3 Å². The van der Waals surface area contributed by atoms with Crippen molar-refractivity contribution in [3.8, 4) is 0 Å². The minimum atomic E-state index is -0.0515. The fourth-order valence-electron chi connectivity index (χ4n) is 2.29. The van der Waals surface area contributed by atoms with Crippen LogP contribution in [0.25, 0.3) is 9.95 Å². The standard InChI is InChI=1S/C20H24N4O3/c1-15(11-25-13-17-3-7-19(23-21)8-4-17)26-12-16(2)27-14-18-5-9-20(24-22)10-6-18/h3-10,15-16H,11-14H2,1-2H3/q+2. The molecule has 0 bridgehead atoms. The summed E-state index contributed by atoms with van der Waals surface area (Å²) >= 11 is 0. The molecule has 0 N–H and O–H groups in total. The summed E-state index contributed by atoms with van der Waals surface area (Å²) in [7, 11) is 0. The van der Waals surface area contributed by atoms with Crippen molar-refractivity contribution < 1.29 is 14.2 Å². The molecule has 0 fully saturated rings. The number of diazo groups is 2. The van der Waals surface area contributed by atoms with Crippen LogP contribution in [0.1, 0.15) is 25.0 Å². The summed E-state index contributed by atoms with van der Waals surface area (Å²) in [6.45, 7) is 5.81. The van der Waals surface area contributed by atoms with Gasteiger partial charge in [-0.15, -0.1) is 0 Å². The third-order valence-corrected chi connectivity index (χ3v) is 3.87. The summed E-state index contributed by atoms with van der Waals surface area (Å²) in [5.74, 6) is 0. The van der Waals surface area contributed by atoms with Gasteiger partial charge in [0.1, 0.15) is 0 Å². The fourth-order valence-corrected chi connectivity index (χ4v) is 2.29. The van der Waals surface area contributed by atoms with E-state index < -0.39 is 0 Å². The van der Waals surface area contributed by atoms with Crippen LogP contribution < -0.4 is 0 Å². The Hall–Kier alpha value is -2.84. The monoisotopic (exact) mass is 368 g/mol. The van der Waals surface area contributed by atoms with Crippen LogP contribution in [0.3, 0.4) is 0 Å². The van der Waals surface area contributed by atoms with Gasteiger partial charge in [0.25, 0.3) is 0 Å². The van der Waals surface area contributed by atoms with Crippen molar-refractivity contribution in [2.24, 2.45) is 0 Å². The molecule has 0 heterocycles. The Bertz CT molecular complexity index is 779. The second kappa shape index (κ2) is 11.0. The molecule has 2 atom stereocenters. The molecule has 140 valence electrons. The van der Waals surface area contributed by atoms with Gasteiger partial charge in [-0.2, -0.15) is 0 Å². The van der Waals surface area contributed by atoms with Crippen LogP contribution in [0, 0.1) is 10.8 Å². The average molecular weight is 368 g/mol. The van der Waals surface area contributed by atoms with Gasteiger partial charge in [-0.3, -0.25) is 0 Å². The number of nitrogens with zero attached hydrogens (tertiary/aromatic N) is 4. The summed E-state index contributed by atoms with van der Waals surface area (Å²) in [6.07, 6.45) is -0.0994. The molecule has 0 radical (unpaired) electrons. The quantitative estimate of drug-likeness (QED) is 0.539. The van der Waals surface area contributed by atoms with Crippen molar-refractivity contribution in [1.82, 2.24) is 0 Å². The van der Waals surface area contributed by atoms with Crippen LogP contribution >= 0.6 is 0 Å². The third-order valence-electron chi connectivity index (χ3n) is 3.87. The van der Waals surface area contributed by atoms with E-state index in [1.165, 1.54) is 0 Å². The zero-order valence-corrected chi connectivity index (χ0v) is 15.6. The predicted molar refractivity (Wildman–Crippen MR) is 102 cm³/mol. The van der Waals surface area contributed by atoms with Crippen molar-refractivity contribution in [3.05, 3.63) is 69.6 Å². The molecule has 0 amide bonds. The van der Waals surface area contributed by atoms with E-state index in [0.717, 1.165) is 11.1 Å². The fraction of sp³-hybridized carbons (Fsp3) is 0.400.